The van der Waals surface area contributed by atoms with E-state index in [9.17, 15) is 9.18 Å². The maximum Gasteiger partial charge on any atom is 0.255 e. The fourth-order valence-electron chi connectivity index (χ4n) is 3.09. The average molecular weight is 431 g/mol. The first kappa shape index (κ1) is 21.1. The molecule has 0 bridgehead atoms. The molecule has 4 rings (SSSR count). The number of amides is 1. The Morgan fingerprint density at radius 3 is 2.28 bits per heavy atom. The summed E-state index contributed by atoms with van der Waals surface area (Å²) in [4.78, 5) is 12.5. The van der Waals surface area contributed by atoms with E-state index < -0.39 is 0 Å². The molecule has 1 N–H and O–H groups in total. The molecule has 0 spiro atoms. The number of ether oxygens (including phenoxy) is 2. The first-order valence-corrected chi connectivity index (χ1v) is 10.0. The Morgan fingerprint density at radius 2 is 1.59 bits per heavy atom. The number of nitrogens with one attached hydrogen (secondary N) is 1. The Labute approximate surface area is 185 Å². The van der Waals surface area contributed by atoms with Gasteiger partial charge in [0.05, 0.1) is 25.5 Å². The van der Waals surface area contributed by atoms with Crippen molar-refractivity contribution >= 4 is 11.6 Å². The van der Waals surface area contributed by atoms with Crippen LogP contribution in [0.2, 0.25) is 0 Å². The van der Waals surface area contributed by atoms with Gasteiger partial charge in [-0.2, -0.15) is 5.10 Å². The van der Waals surface area contributed by atoms with Gasteiger partial charge < -0.3 is 14.8 Å². The van der Waals surface area contributed by atoms with Gasteiger partial charge in [0.15, 0.2) is 0 Å². The molecule has 0 saturated heterocycles. The standard InChI is InChI=1S/C25H22FN3O3/c1-31-23-10-12-24(13-11-23)32-17-19-2-6-20(7-3-19)25(30)28-22-14-27-29(16-22)15-18-4-8-21(26)9-5-18/h2-14,16H,15,17H2,1H3,(H,28,30). The first-order chi connectivity index (χ1) is 15.6. The summed E-state index contributed by atoms with van der Waals surface area (Å²) >= 11 is 0. The maximum atomic E-state index is 13.0. The minimum atomic E-state index is -0.277. The average Bonchev–Trinajstić information content (AvgIpc) is 3.26. The molecule has 0 aliphatic carbocycles. The van der Waals surface area contributed by atoms with E-state index in [2.05, 4.69) is 10.4 Å². The van der Waals surface area contributed by atoms with Crippen molar-refractivity contribution in [1.29, 1.82) is 0 Å². The molecule has 0 fully saturated rings. The molecular weight excluding hydrogens is 409 g/mol. The zero-order valence-electron chi connectivity index (χ0n) is 17.5. The predicted molar refractivity (Wildman–Crippen MR) is 119 cm³/mol. The van der Waals surface area contributed by atoms with E-state index in [4.69, 9.17) is 9.47 Å². The number of hydrogen-bond acceptors (Lipinski definition) is 4. The van der Waals surface area contributed by atoms with Crippen molar-refractivity contribution < 1.29 is 18.7 Å². The van der Waals surface area contributed by atoms with Crippen LogP contribution in [0, 0.1) is 5.82 Å². The number of halogens is 1. The normalized spacial score (nSPS) is 10.6. The van der Waals surface area contributed by atoms with Crippen LogP contribution >= 0.6 is 0 Å². The van der Waals surface area contributed by atoms with Gasteiger partial charge >= 0.3 is 0 Å². The van der Waals surface area contributed by atoms with E-state index in [0.717, 1.165) is 22.6 Å². The van der Waals surface area contributed by atoms with E-state index in [-0.39, 0.29) is 11.7 Å². The number of carbonyl (C=O) groups excluding carboxylic acids is 1. The third kappa shape index (κ3) is 5.51. The first-order valence-electron chi connectivity index (χ1n) is 10.0. The molecule has 1 amide bonds. The van der Waals surface area contributed by atoms with Crippen LogP contribution in [0.3, 0.4) is 0 Å². The van der Waals surface area contributed by atoms with Gasteiger partial charge in [-0.25, -0.2) is 4.39 Å². The molecular formula is C25H22FN3O3. The van der Waals surface area contributed by atoms with Gasteiger partial charge in [-0.15, -0.1) is 0 Å². The molecule has 7 heteroatoms. The molecule has 4 aromatic rings. The Kier molecular flexibility index (Phi) is 6.46. The number of hydrogen-bond donors (Lipinski definition) is 1. The second kappa shape index (κ2) is 9.78. The molecule has 6 nitrogen and oxygen atoms in total. The molecule has 1 heterocycles. The summed E-state index contributed by atoms with van der Waals surface area (Å²) in [6.07, 6.45) is 3.32. The number of methoxy groups -OCH3 is 1. The third-order valence-electron chi connectivity index (χ3n) is 4.83. The number of carbonyl (C=O) groups is 1. The van der Waals surface area contributed by atoms with Crippen molar-refractivity contribution in [2.24, 2.45) is 0 Å². The minimum Gasteiger partial charge on any atom is -0.497 e. The SMILES string of the molecule is COc1ccc(OCc2ccc(C(=O)Nc3cnn(Cc4ccc(F)cc4)c3)cc2)cc1. The van der Waals surface area contributed by atoms with Gasteiger partial charge in [0.2, 0.25) is 0 Å². The van der Waals surface area contributed by atoms with Crippen molar-refractivity contribution in [3.63, 3.8) is 0 Å². The summed E-state index contributed by atoms with van der Waals surface area (Å²) in [5.74, 6) is 1.01. The second-order valence-corrected chi connectivity index (χ2v) is 7.17. The molecule has 162 valence electrons. The zero-order chi connectivity index (χ0) is 22.3. The van der Waals surface area contributed by atoms with Crippen LogP contribution < -0.4 is 14.8 Å². The smallest absolute Gasteiger partial charge is 0.255 e. The Balaban J connectivity index is 1.30. The fourth-order valence-corrected chi connectivity index (χ4v) is 3.09. The fraction of sp³-hybridized carbons (Fsp3) is 0.120. The largest absolute Gasteiger partial charge is 0.497 e. The van der Waals surface area contributed by atoms with E-state index in [1.165, 1.54) is 12.1 Å². The Hall–Kier alpha value is -4.13. The third-order valence-corrected chi connectivity index (χ3v) is 4.83. The lowest BCUT2D eigenvalue weighted by Gasteiger charge is -2.08. The van der Waals surface area contributed by atoms with Gasteiger partial charge in [-0.05, 0) is 59.7 Å². The predicted octanol–water partition coefficient (Wildman–Crippen LogP) is 4.91. The maximum absolute atomic E-state index is 13.0. The van der Waals surface area contributed by atoms with Gasteiger partial charge in [0.25, 0.3) is 5.91 Å². The molecule has 3 aromatic carbocycles. The minimum absolute atomic E-state index is 0.228. The van der Waals surface area contributed by atoms with Gasteiger partial charge in [0.1, 0.15) is 23.9 Å². The molecule has 0 radical (unpaired) electrons. The number of rotatable bonds is 8. The van der Waals surface area contributed by atoms with Crippen molar-refractivity contribution in [3.05, 3.63) is 108 Å². The molecule has 32 heavy (non-hydrogen) atoms. The van der Waals surface area contributed by atoms with Gasteiger partial charge in [0, 0.05) is 11.8 Å². The van der Waals surface area contributed by atoms with Crippen LogP contribution in [0.25, 0.3) is 0 Å². The summed E-state index contributed by atoms with van der Waals surface area (Å²) in [5.41, 5.74) is 2.98. The van der Waals surface area contributed by atoms with Crippen molar-refractivity contribution in [1.82, 2.24) is 9.78 Å². The highest BCUT2D eigenvalue weighted by molar-refractivity contribution is 6.04. The van der Waals surface area contributed by atoms with E-state index in [0.29, 0.717) is 24.4 Å². The second-order valence-electron chi connectivity index (χ2n) is 7.17. The highest BCUT2D eigenvalue weighted by atomic mass is 19.1. The lowest BCUT2D eigenvalue weighted by Crippen LogP contribution is -2.11. The lowest BCUT2D eigenvalue weighted by molar-refractivity contribution is 0.102. The van der Waals surface area contributed by atoms with Crippen LogP contribution in [-0.4, -0.2) is 22.8 Å². The van der Waals surface area contributed by atoms with Crippen LogP contribution in [0.5, 0.6) is 11.5 Å². The topological polar surface area (TPSA) is 65.4 Å². The summed E-state index contributed by atoms with van der Waals surface area (Å²) in [6, 6.07) is 20.8. The highest BCUT2D eigenvalue weighted by Crippen LogP contribution is 2.18. The molecule has 0 aliphatic rings. The van der Waals surface area contributed by atoms with E-state index in [1.807, 2.05) is 36.4 Å². The van der Waals surface area contributed by atoms with Crippen molar-refractivity contribution in [2.45, 2.75) is 13.2 Å². The summed E-state index contributed by atoms with van der Waals surface area (Å²) < 4.78 is 25.6. The van der Waals surface area contributed by atoms with Crippen molar-refractivity contribution in [3.8, 4) is 11.5 Å². The van der Waals surface area contributed by atoms with Crippen LogP contribution in [0.15, 0.2) is 85.2 Å². The zero-order valence-corrected chi connectivity index (χ0v) is 17.5. The Morgan fingerprint density at radius 1 is 0.938 bits per heavy atom. The van der Waals surface area contributed by atoms with Gasteiger partial charge in [-0.3, -0.25) is 9.48 Å². The van der Waals surface area contributed by atoms with Crippen molar-refractivity contribution in [2.75, 3.05) is 12.4 Å². The Bertz CT molecular complexity index is 1170. The molecule has 0 saturated carbocycles. The summed E-state index contributed by atoms with van der Waals surface area (Å²) in [5, 5.41) is 7.08. The molecule has 0 unspecified atom stereocenters. The molecule has 0 aliphatic heterocycles. The molecule has 1 aromatic heterocycles. The highest BCUT2D eigenvalue weighted by Gasteiger charge is 2.08. The number of aromatic nitrogens is 2. The summed E-state index contributed by atoms with van der Waals surface area (Å²) in [7, 11) is 1.62. The number of benzene rings is 3. The van der Waals surface area contributed by atoms with Crippen LogP contribution in [-0.2, 0) is 13.2 Å². The quantitative estimate of drug-likeness (QED) is 0.431. The lowest BCUT2D eigenvalue weighted by atomic mass is 10.1. The monoisotopic (exact) mass is 431 g/mol. The van der Waals surface area contributed by atoms with E-state index in [1.54, 1.807) is 48.5 Å². The summed E-state index contributed by atoms with van der Waals surface area (Å²) in [6.45, 7) is 0.878. The van der Waals surface area contributed by atoms with E-state index >= 15 is 0 Å². The van der Waals surface area contributed by atoms with Crippen LogP contribution in [0.4, 0.5) is 10.1 Å². The number of nitrogens with zero attached hydrogens (tertiary/aromatic N) is 2. The van der Waals surface area contributed by atoms with Crippen LogP contribution in [0.1, 0.15) is 21.5 Å². The van der Waals surface area contributed by atoms with Gasteiger partial charge in [-0.1, -0.05) is 24.3 Å². The number of anilines is 1. The molecule has 0 atom stereocenters.